The van der Waals surface area contributed by atoms with Crippen molar-refractivity contribution < 1.29 is 18.7 Å². The highest BCUT2D eigenvalue weighted by atomic mass is 19.1. The first-order valence-electron chi connectivity index (χ1n) is 3.93. The van der Waals surface area contributed by atoms with E-state index < -0.39 is 12.6 Å². The van der Waals surface area contributed by atoms with Gasteiger partial charge in [-0.15, -0.1) is 0 Å². The number of ketones is 1. The van der Waals surface area contributed by atoms with E-state index in [9.17, 15) is 14.0 Å². The Bertz CT molecular complexity index is 221. The van der Waals surface area contributed by atoms with E-state index >= 15 is 0 Å². The zero-order chi connectivity index (χ0) is 10.3. The van der Waals surface area contributed by atoms with Gasteiger partial charge < -0.3 is 4.74 Å². The molecule has 0 amide bonds. The van der Waals surface area contributed by atoms with Crippen LogP contribution in [0.3, 0.4) is 0 Å². The van der Waals surface area contributed by atoms with Gasteiger partial charge in [-0.2, -0.15) is 0 Å². The number of ether oxygens (including phenoxy) is 1. The largest absolute Gasteiger partial charge is 0.461 e. The Balaban J connectivity index is 3.70. The second kappa shape index (κ2) is 6.34. The van der Waals surface area contributed by atoms with Crippen LogP contribution >= 0.6 is 0 Å². The van der Waals surface area contributed by atoms with Crippen LogP contribution in [-0.4, -0.2) is 25.0 Å². The zero-order valence-electron chi connectivity index (χ0n) is 7.80. The number of allylic oxidation sites excluding steroid dienone is 1. The SMILES string of the molecule is CC(=O)CC(=O)OC/C(C)=C/CF. The molecule has 0 heterocycles. The Labute approximate surface area is 76.6 Å². The van der Waals surface area contributed by atoms with Crippen molar-refractivity contribution in [3.8, 4) is 0 Å². The van der Waals surface area contributed by atoms with Crippen molar-refractivity contribution in [1.29, 1.82) is 0 Å². The van der Waals surface area contributed by atoms with Gasteiger partial charge in [0.1, 0.15) is 25.5 Å². The van der Waals surface area contributed by atoms with E-state index in [4.69, 9.17) is 0 Å². The summed E-state index contributed by atoms with van der Waals surface area (Å²) in [5.41, 5.74) is 0.638. The Hall–Kier alpha value is -1.19. The van der Waals surface area contributed by atoms with Crippen LogP contribution in [0, 0.1) is 0 Å². The van der Waals surface area contributed by atoms with E-state index in [1.807, 2.05) is 0 Å². The predicted molar refractivity (Wildman–Crippen MR) is 46.0 cm³/mol. The Morgan fingerprint density at radius 2 is 2.00 bits per heavy atom. The number of rotatable bonds is 5. The van der Waals surface area contributed by atoms with Gasteiger partial charge in [0.15, 0.2) is 0 Å². The monoisotopic (exact) mass is 188 g/mol. The van der Waals surface area contributed by atoms with Crippen molar-refractivity contribution in [2.45, 2.75) is 20.3 Å². The Morgan fingerprint density at radius 3 is 2.46 bits per heavy atom. The van der Waals surface area contributed by atoms with Crippen LogP contribution in [0.1, 0.15) is 20.3 Å². The molecule has 0 aliphatic heterocycles. The number of hydrogen-bond donors (Lipinski definition) is 0. The molecule has 0 unspecified atom stereocenters. The first-order chi connectivity index (χ1) is 6.06. The van der Waals surface area contributed by atoms with Gasteiger partial charge in [-0.25, -0.2) is 4.39 Å². The van der Waals surface area contributed by atoms with Gasteiger partial charge in [0.25, 0.3) is 0 Å². The molecule has 0 radical (unpaired) electrons. The molecule has 0 fully saturated rings. The van der Waals surface area contributed by atoms with E-state index in [1.165, 1.54) is 13.0 Å². The highest BCUT2D eigenvalue weighted by molar-refractivity contribution is 5.94. The molecule has 0 N–H and O–H groups in total. The zero-order valence-corrected chi connectivity index (χ0v) is 7.80. The maximum Gasteiger partial charge on any atom is 0.313 e. The minimum atomic E-state index is -0.573. The molecule has 0 aromatic rings. The molecular weight excluding hydrogens is 175 g/mol. The first-order valence-corrected chi connectivity index (χ1v) is 3.93. The van der Waals surface area contributed by atoms with Gasteiger partial charge in [0.2, 0.25) is 0 Å². The summed E-state index contributed by atoms with van der Waals surface area (Å²) in [6.45, 7) is 2.44. The number of esters is 1. The van der Waals surface area contributed by atoms with Crippen molar-refractivity contribution >= 4 is 11.8 Å². The first kappa shape index (κ1) is 11.8. The topological polar surface area (TPSA) is 43.4 Å². The molecule has 13 heavy (non-hydrogen) atoms. The van der Waals surface area contributed by atoms with Gasteiger partial charge in [0.05, 0.1) is 0 Å². The van der Waals surface area contributed by atoms with Crippen molar-refractivity contribution in [3.05, 3.63) is 11.6 Å². The molecule has 0 saturated heterocycles. The smallest absolute Gasteiger partial charge is 0.313 e. The highest BCUT2D eigenvalue weighted by Gasteiger charge is 2.05. The van der Waals surface area contributed by atoms with Gasteiger partial charge in [0, 0.05) is 0 Å². The minimum Gasteiger partial charge on any atom is -0.461 e. The lowest BCUT2D eigenvalue weighted by atomic mass is 10.3. The summed E-state index contributed by atoms with van der Waals surface area (Å²) in [4.78, 5) is 21.2. The van der Waals surface area contributed by atoms with Crippen molar-refractivity contribution in [2.75, 3.05) is 13.3 Å². The molecule has 4 heteroatoms. The van der Waals surface area contributed by atoms with E-state index in [0.717, 1.165) is 0 Å². The van der Waals surface area contributed by atoms with Gasteiger partial charge >= 0.3 is 5.97 Å². The number of hydrogen-bond acceptors (Lipinski definition) is 3. The van der Waals surface area contributed by atoms with Crippen molar-refractivity contribution in [2.24, 2.45) is 0 Å². The van der Waals surface area contributed by atoms with Crippen LogP contribution < -0.4 is 0 Å². The number of carbonyl (C=O) groups excluding carboxylic acids is 2. The minimum absolute atomic E-state index is 0.0516. The molecule has 0 aliphatic carbocycles. The van der Waals surface area contributed by atoms with Crippen LogP contribution in [0.4, 0.5) is 4.39 Å². The van der Waals surface area contributed by atoms with E-state index in [2.05, 4.69) is 4.74 Å². The lowest BCUT2D eigenvalue weighted by Gasteiger charge is -2.02. The number of Topliss-reactive ketones (excluding diaryl/α,β-unsaturated/α-hetero) is 1. The van der Waals surface area contributed by atoms with Crippen molar-refractivity contribution in [3.63, 3.8) is 0 Å². The van der Waals surface area contributed by atoms with E-state index in [-0.39, 0.29) is 18.8 Å². The summed E-state index contributed by atoms with van der Waals surface area (Å²) < 4.78 is 16.4. The summed E-state index contributed by atoms with van der Waals surface area (Å²) in [6.07, 6.45) is 1.10. The van der Waals surface area contributed by atoms with Crippen LogP contribution in [0.2, 0.25) is 0 Å². The molecule has 0 aromatic heterocycles. The standard InChI is InChI=1S/C9H13FO3/c1-7(3-4-10)6-13-9(12)5-8(2)11/h3H,4-6H2,1-2H3/b7-3+. The average molecular weight is 188 g/mol. The Morgan fingerprint density at radius 1 is 1.38 bits per heavy atom. The van der Waals surface area contributed by atoms with Crippen LogP contribution in [0.25, 0.3) is 0 Å². The highest BCUT2D eigenvalue weighted by Crippen LogP contribution is 1.96. The lowest BCUT2D eigenvalue weighted by molar-refractivity contribution is -0.144. The summed E-state index contributed by atoms with van der Waals surface area (Å²) in [5.74, 6) is -0.809. The molecule has 0 spiro atoms. The molecule has 74 valence electrons. The van der Waals surface area contributed by atoms with E-state index in [0.29, 0.717) is 5.57 Å². The quantitative estimate of drug-likeness (QED) is 0.372. The lowest BCUT2D eigenvalue weighted by Crippen LogP contribution is -2.10. The fourth-order valence-electron chi connectivity index (χ4n) is 0.639. The second-order valence-corrected chi connectivity index (χ2v) is 2.74. The third kappa shape index (κ3) is 7.18. The van der Waals surface area contributed by atoms with Gasteiger partial charge in [-0.3, -0.25) is 9.59 Å². The second-order valence-electron chi connectivity index (χ2n) is 2.74. The molecular formula is C9H13FO3. The van der Waals surface area contributed by atoms with Crippen LogP contribution in [-0.2, 0) is 14.3 Å². The average Bonchev–Trinajstić information content (AvgIpc) is 2.00. The predicted octanol–water partition coefficient (Wildman–Crippen LogP) is 1.42. The molecule has 0 bridgehead atoms. The molecule has 0 rings (SSSR count). The van der Waals surface area contributed by atoms with E-state index in [1.54, 1.807) is 6.92 Å². The summed E-state index contributed by atoms with van der Waals surface area (Å²) in [5, 5.41) is 0. The van der Waals surface area contributed by atoms with Crippen LogP contribution in [0.5, 0.6) is 0 Å². The normalized spacial score (nSPS) is 11.2. The third-order valence-corrected chi connectivity index (χ3v) is 1.28. The molecule has 0 aromatic carbocycles. The summed E-state index contributed by atoms with van der Waals surface area (Å²) in [7, 11) is 0. The van der Waals surface area contributed by atoms with Gasteiger partial charge in [-0.05, 0) is 19.4 Å². The number of carbonyl (C=O) groups is 2. The summed E-state index contributed by atoms with van der Waals surface area (Å²) in [6, 6.07) is 0. The maximum atomic E-state index is 11.7. The maximum absolute atomic E-state index is 11.7. The van der Waals surface area contributed by atoms with Crippen molar-refractivity contribution in [1.82, 2.24) is 0 Å². The fourth-order valence-corrected chi connectivity index (χ4v) is 0.639. The third-order valence-electron chi connectivity index (χ3n) is 1.28. The number of halogens is 1. The molecule has 0 saturated carbocycles. The van der Waals surface area contributed by atoms with Gasteiger partial charge in [-0.1, -0.05) is 6.08 Å². The fraction of sp³-hybridized carbons (Fsp3) is 0.556. The molecule has 3 nitrogen and oxygen atoms in total. The number of alkyl halides is 1. The Kier molecular flexibility index (Phi) is 5.76. The summed E-state index contributed by atoms with van der Waals surface area (Å²) >= 11 is 0. The molecule has 0 aliphatic rings. The molecule has 0 atom stereocenters. The van der Waals surface area contributed by atoms with Crippen LogP contribution in [0.15, 0.2) is 11.6 Å².